The first-order valence-corrected chi connectivity index (χ1v) is 9.96. The molecular formula is C22H32N4O2. The minimum absolute atomic E-state index is 0.215. The summed E-state index contributed by atoms with van der Waals surface area (Å²) in [6, 6.07) is 12.4. The van der Waals surface area contributed by atoms with Crippen molar-refractivity contribution in [1.82, 2.24) is 15.1 Å². The van der Waals surface area contributed by atoms with Gasteiger partial charge in [-0.05, 0) is 51.1 Å². The molecule has 1 fully saturated rings. The first kappa shape index (κ1) is 20.3. The lowest BCUT2D eigenvalue weighted by atomic mass is 10.2. The van der Waals surface area contributed by atoms with Crippen LogP contribution in [0.3, 0.4) is 0 Å². The van der Waals surface area contributed by atoms with Gasteiger partial charge in [-0.3, -0.25) is 9.89 Å². The summed E-state index contributed by atoms with van der Waals surface area (Å²) in [5.74, 6) is 3.73. The fraction of sp³-hybridized carbons (Fsp3) is 0.500. The molecule has 1 atom stereocenters. The SMILES string of the molecule is CN=C(NCC(c1ccc(C)o1)N1CCCC1)N(C)Cc1ccccc1OC. The number of aryl methyl sites for hydroxylation is 1. The van der Waals surface area contributed by atoms with Gasteiger partial charge < -0.3 is 19.4 Å². The van der Waals surface area contributed by atoms with Crippen LogP contribution in [0, 0.1) is 6.92 Å². The van der Waals surface area contributed by atoms with Crippen molar-refractivity contribution in [2.75, 3.05) is 40.8 Å². The first-order chi connectivity index (χ1) is 13.6. The van der Waals surface area contributed by atoms with E-state index in [9.17, 15) is 0 Å². The highest BCUT2D eigenvalue weighted by Gasteiger charge is 2.26. The van der Waals surface area contributed by atoms with Crippen LogP contribution in [0.5, 0.6) is 5.75 Å². The van der Waals surface area contributed by atoms with Crippen LogP contribution in [0.4, 0.5) is 0 Å². The predicted molar refractivity (Wildman–Crippen MR) is 113 cm³/mol. The van der Waals surface area contributed by atoms with Gasteiger partial charge in [0.2, 0.25) is 0 Å². The number of rotatable bonds is 7. The molecule has 0 amide bonds. The molecule has 152 valence electrons. The number of benzene rings is 1. The Morgan fingerprint density at radius 1 is 1.25 bits per heavy atom. The lowest BCUT2D eigenvalue weighted by Crippen LogP contribution is -2.43. The van der Waals surface area contributed by atoms with Gasteiger partial charge in [0.25, 0.3) is 0 Å². The molecule has 1 aliphatic rings. The van der Waals surface area contributed by atoms with Crippen molar-refractivity contribution >= 4 is 5.96 Å². The maximum atomic E-state index is 5.96. The minimum atomic E-state index is 0.215. The molecule has 6 nitrogen and oxygen atoms in total. The number of aliphatic imine (C=N–C) groups is 1. The van der Waals surface area contributed by atoms with Gasteiger partial charge >= 0.3 is 0 Å². The number of methoxy groups -OCH3 is 1. The molecule has 0 saturated carbocycles. The highest BCUT2D eigenvalue weighted by Crippen LogP contribution is 2.26. The van der Waals surface area contributed by atoms with Crippen LogP contribution >= 0.6 is 0 Å². The molecule has 2 aromatic rings. The number of hydrogen-bond donors (Lipinski definition) is 1. The largest absolute Gasteiger partial charge is 0.496 e. The number of ether oxygens (including phenoxy) is 1. The molecular weight excluding hydrogens is 352 g/mol. The molecule has 6 heteroatoms. The quantitative estimate of drug-likeness (QED) is 0.585. The zero-order chi connectivity index (χ0) is 19.9. The van der Waals surface area contributed by atoms with E-state index in [1.165, 1.54) is 12.8 Å². The van der Waals surface area contributed by atoms with Gasteiger partial charge in [0.15, 0.2) is 5.96 Å². The molecule has 2 heterocycles. The molecule has 1 aliphatic heterocycles. The summed E-state index contributed by atoms with van der Waals surface area (Å²) >= 11 is 0. The maximum absolute atomic E-state index is 5.96. The molecule has 1 aromatic carbocycles. The summed E-state index contributed by atoms with van der Waals surface area (Å²) in [6.07, 6.45) is 2.50. The van der Waals surface area contributed by atoms with Crippen LogP contribution in [0.25, 0.3) is 0 Å². The Morgan fingerprint density at radius 3 is 2.64 bits per heavy atom. The molecule has 1 aromatic heterocycles. The van der Waals surface area contributed by atoms with Crippen molar-refractivity contribution in [3.8, 4) is 5.75 Å². The summed E-state index contributed by atoms with van der Waals surface area (Å²) < 4.78 is 11.4. The molecule has 3 rings (SSSR count). The fourth-order valence-corrected chi connectivity index (χ4v) is 3.83. The van der Waals surface area contributed by atoms with Crippen LogP contribution in [0.15, 0.2) is 45.8 Å². The predicted octanol–water partition coefficient (Wildman–Crippen LogP) is 3.44. The number of nitrogens with zero attached hydrogens (tertiary/aromatic N) is 3. The molecule has 1 saturated heterocycles. The van der Waals surface area contributed by atoms with Crippen LogP contribution in [0.1, 0.15) is 36.0 Å². The number of nitrogens with one attached hydrogen (secondary N) is 1. The lowest BCUT2D eigenvalue weighted by molar-refractivity contribution is 0.212. The summed E-state index contributed by atoms with van der Waals surface area (Å²) in [7, 11) is 5.57. The molecule has 28 heavy (non-hydrogen) atoms. The lowest BCUT2D eigenvalue weighted by Gasteiger charge is -2.29. The van der Waals surface area contributed by atoms with E-state index in [4.69, 9.17) is 9.15 Å². The third kappa shape index (κ3) is 4.87. The van der Waals surface area contributed by atoms with Crippen molar-refractivity contribution in [1.29, 1.82) is 0 Å². The van der Waals surface area contributed by atoms with Gasteiger partial charge in [-0.2, -0.15) is 0 Å². The minimum Gasteiger partial charge on any atom is -0.496 e. The number of likely N-dealkylation sites (tertiary alicyclic amines) is 1. The van der Waals surface area contributed by atoms with E-state index in [0.717, 1.165) is 55.0 Å². The van der Waals surface area contributed by atoms with Crippen molar-refractivity contribution in [3.05, 3.63) is 53.5 Å². The second-order valence-corrected chi connectivity index (χ2v) is 7.30. The van der Waals surface area contributed by atoms with Gasteiger partial charge in [0.1, 0.15) is 17.3 Å². The van der Waals surface area contributed by atoms with E-state index >= 15 is 0 Å². The Balaban J connectivity index is 1.67. The Hall–Kier alpha value is -2.47. The molecule has 0 spiro atoms. The zero-order valence-corrected chi connectivity index (χ0v) is 17.4. The topological polar surface area (TPSA) is 53.2 Å². The van der Waals surface area contributed by atoms with E-state index in [2.05, 4.69) is 32.2 Å². The van der Waals surface area contributed by atoms with E-state index in [-0.39, 0.29) is 6.04 Å². The summed E-state index contributed by atoms with van der Waals surface area (Å²) in [5.41, 5.74) is 1.13. The standard InChI is InChI=1S/C22H32N4O2/c1-17-11-12-21(28-17)19(26-13-7-8-14-26)15-24-22(23-2)25(3)16-18-9-5-6-10-20(18)27-4/h5-6,9-12,19H,7-8,13-16H2,1-4H3,(H,23,24). The second kappa shape index (κ2) is 9.64. The monoisotopic (exact) mass is 384 g/mol. The number of hydrogen-bond acceptors (Lipinski definition) is 4. The van der Waals surface area contributed by atoms with E-state index < -0.39 is 0 Å². The Bertz CT molecular complexity index is 780. The van der Waals surface area contributed by atoms with Crippen molar-refractivity contribution in [2.45, 2.75) is 32.4 Å². The van der Waals surface area contributed by atoms with Gasteiger partial charge in [-0.15, -0.1) is 0 Å². The highest BCUT2D eigenvalue weighted by atomic mass is 16.5. The van der Waals surface area contributed by atoms with E-state index in [1.807, 2.05) is 45.3 Å². The van der Waals surface area contributed by atoms with Gasteiger partial charge in [-0.25, -0.2) is 0 Å². The molecule has 0 radical (unpaired) electrons. The first-order valence-electron chi connectivity index (χ1n) is 9.96. The van der Waals surface area contributed by atoms with Crippen LogP contribution in [0.2, 0.25) is 0 Å². The summed E-state index contributed by atoms with van der Waals surface area (Å²) in [4.78, 5) is 9.09. The molecule has 0 aliphatic carbocycles. The normalized spacial score (nSPS) is 16.2. The maximum Gasteiger partial charge on any atom is 0.193 e. The van der Waals surface area contributed by atoms with Gasteiger partial charge in [0.05, 0.1) is 13.2 Å². The highest BCUT2D eigenvalue weighted by molar-refractivity contribution is 5.79. The molecule has 1 unspecified atom stereocenters. The third-order valence-electron chi connectivity index (χ3n) is 5.30. The smallest absolute Gasteiger partial charge is 0.193 e. The van der Waals surface area contributed by atoms with Gasteiger partial charge in [0, 0.05) is 32.7 Å². The van der Waals surface area contributed by atoms with Crippen LogP contribution < -0.4 is 10.1 Å². The fourth-order valence-electron chi connectivity index (χ4n) is 3.83. The van der Waals surface area contributed by atoms with Crippen molar-refractivity contribution in [3.63, 3.8) is 0 Å². The van der Waals surface area contributed by atoms with Crippen molar-refractivity contribution in [2.24, 2.45) is 4.99 Å². The Labute approximate surface area is 168 Å². The molecule has 0 bridgehead atoms. The zero-order valence-electron chi connectivity index (χ0n) is 17.4. The van der Waals surface area contributed by atoms with Gasteiger partial charge in [-0.1, -0.05) is 18.2 Å². The van der Waals surface area contributed by atoms with Crippen molar-refractivity contribution < 1.29 is 9.15 Å². The van der Waals surface area contributed by atoms with E-state index in [0.29, 0.717) is 0 Å². The summed E-state index contributed by atoms with van der Waals surface area (Å²) in [6.45, 7) is 5.70. The Morgan fingerprint density at radius 2 is 2.00 bits per heavy atom. The number of furan rings is 1. The third-order valence-corrected chi connectivity index (χ3v) is 5.30. The average Bonchev–Trinajstić information content (AvgIpc) is 3.38. The Kier molecular flexibility index (Phi) is 6.98. The number of para-hydroxylation sites is 1. The number of guanidine groups is 1. The second-order valence-electron chi connectivity index (χ2n) is 7.30. The van der Waals surface area contributed by atoms with E-state index in [1.54, 1.807) is 7.11 Å². The van der Waals surface area contributed by atoms with Crippen LogP contribution in [-0.4, -0.2) is 56.6 Å². The summed E-state index contributed by atoms with van der Waals surface area (Å²) in [5, 5.41) is 3.55. The molecule has 1 N–H and O–H groups in total. The average molecular weight is 385 g/mol. The van der Waals surface area contributed by atoms with Crippen LogP contribution in [-0.2, 0) is 6.54 Å².